The molecule has 0 bridgehead atoms. The molecule has 0 N–H and O–H groups in total. The molecule has 0 aliphatic rings. The Bertz CT molecular complexity index is 156. The lowest BCUT2D eigenvalue weighted by molar-refractivity contribution is -0.137. The quantitative estimate of drug-likeness (QED) is 0.553. The highest BCUT2D eigenvalue weighted by atomic mass is 16.5. The summed E-state index contributed by atoms with van der Waals surface area (Å²) in [6.45, 7) is 4.75. The van der Waals surface area contributed by atoms with Crippen molar-refractivity contribution in [3.63, 3.8) is 0 Å². The molecule has 0 rings (SSSR count). The van der Waals surface area contributed by atoms with Crippen LogP contribution in [0.15, 0.2) is 0 Å². The van der Waals surface area contributed by atoms with Crippen LogP contribution in [0.4, 0.5) is 0 Å². The van der Waals surface area contributed by atoms with Crippen LogP contribution in [0.3, 0.4) is 0 Å². The van der Waals surface area contributed by atoms with Crippen molar-refractivity contribution in [1.82, 2.24) is 4.90 Å². The Labute approximate surface area is 91.3 Å². The molecule has 0 aromatic heterocycles. The fraction of sp³-hybridized carbons (Fsp3) is 0.900. The molecule has 0 fully saturated rings. The van der Waals surface area contributed by atoms with Crippen molar-refractivity contribution in [2.75, 3.05) is 53.7 Å². The number of nitrogens with zero attached hydrogens (tertiary/aromatic N) is 1. The van der Waals surface area contributed by atoms with Crippen molar-refractivity contribution in [1.29, 1.82) is 0 Å². The first-order valence-electron chi connectivity index (χ1n) is 5.09. The minimum absolute atomic E-state index is 0.0223. The van der Waals surface area contributed by atoms with Gasteiger partial charge in [0, 0.05) is 33.9 Å². The SMILES string of the molecule is CCOCC(=O)N(CCOC)CCOC. The smallest absolute Gasteiger partial charge is 0.248 e. The molecule has 5 heteroatoms. The largest absolute Gasteiger partial charge is 0.383 e. The molecule has 0 atom stereocenters. The van der Waals surface area contributed by atoms with Crippen LogP contribution in [-0.2, 0) is 19.0 Å². The maximum Gasteiger partial charge on any atom is 0.248 e. The van der Waals surface area contributed by atoms with Gasteiger partial charge in [0.2, 0.25) is 5.91 Å². The second-order valence-electron chi connectivity index (χ2n) is 3.00. The fourth-order valence-corrected chi connectivity index (χ4v) is 1.04. The molecular formula is C10H21NO4. The summed E-state index contributed by atoms with van der Waals surface area (Å²) in [7, 11) is 3.23. The molecule has 0 spiro atoms. The summed E-state index contributed by atoms with van der Waals surface area (Å²) in [5.41, 5.74) is 0. The first-order valence-corrected chi connectivity index (χ1v) is 5.09. The van der Waals surface area contributed by atoms with E-state index in [1.165, 1.54) is 0 Å². The van der Waals surface area contributed by atoms with E-state index in [-0.39, 0.29) is 12.5 Å². The number of amides is 1. The summed E-state index contributed by atoms with van der Waals surface area (Å²) in [6.07, 6.45) is 0. The van der Waals surface area contributed by atoms with Crippen molar-refractivity contribution in [3.8, 4) is 0 Å². The highest BCUT2D eigenvalue weighted by molar-refractivity contribution is 5.77. The van der Waals surface area contributed by atoms with Crippen LogP contribution >= 0.6 is 0 Å². The zero-order chi connectivity index (χ0) is 11.5. The van der Waals surface area contributed by atoms with Gasteiger partial charge in [0.1, 0.15) is 6.61 Å². The first kappa shape index (κ1) is 14.3. The lowest BCUT2D eigenvalue weighted by Crippen LogP contribution is -2.38. The zero-order valence-corrected chi connectivity index (χ0v) is 9.82. The van der Waals surface area contributed by atoms with Crippen molar-refractivity contribution in [3.05, 3.63) is 0 Å². The van der Waals surface area contributed by atoms with E-state index in [0.717, 1.165) is 0 Å². The highest BCUT2D eigenvalue weighted by Gasteiger charge is 2.12. The van der Waals surface area contributed by atoms with E-state index in [9.17, 15) is 4.79 Å². The van der Waals surface area contributed by atoms with Gasteiger partial charge in [0.15, 0.2) is 0 Å². The van der Waals surface area contributed by atoms with Crippen molar-refractivity contribution in [2.24, 2.45) is 0 Å². The molecule has 0 saturated heterocycles. The summed E-state index contributed by atoms with van der Waals surface area (Å²) in [6, 6.07) is 0. The molecule has 0 radical (unpaired) electrons. The third-order valence-corrected chi connectivity index (χ3v) is 1.91. The van der Waals surface area contributed by atoms with Crippen LogP contribution < -0.4 is 0 Å². The average molecular weight is 219 g/mol. The summed E-state index contributed by atoms with van der Waals surface area (Å²) >= 11 is 0. The summed E-state index contributed by atoms with van der Waals surface area (Å²) in [5, 5.41) is 0. The number of ether oxygens (including phenoxy) is 3. The molecule has 0 aromatic carbocycles. The van der Waals surface area contributed by atoms with Crippen LogP contribution in [0, 0.1) is 0 Å². The lowest BCUT2D eigenvalue weighted by Gasteiger charge is -2.21. The number of hydrogen-bond donors (Lipinski definition) is 0. The minimum Gasteiger partial charge on any atom is -0.383 e. The monoisotopic (exact) mass is 219 g/mol. The molecular weight excluding hydrogens is 198 g/mol. The van der Waals surface area contributed by atoms with E-state index in [0.29, 0.717) is 32.9 Å². The van der Waals surface area contributed by atoms with Crippen LogP contribution in [0.5, 0.6) is 0 Å². The lowest BCUT2D eigenvalue weighted by atomic mass is 10.4. The molecule has 0 aliphatic heterocycles. The van der Waals surface area contributed by atoms with Gasteiger partial charge in [0.05, 0.1) is 13.2 Å². The van der Waals surface area contributed by atoms with Gasteiger partial charge in [-0.2, -0.15) is 0 Å². The molecule has 0 saturated carbocycles. The second-order valence-corrected chi connectivity index (χ2v) is 3.00. The van der Waals surface area contributed by atoms with Crippen LogP contribution in [0.2, 0.25) is 0 Å². The minimum atomic E-state index is -0.0223. The number of carbonyl (C=O) groups excluding carboxylic acids is 1. The topological polar surface area (TPSA) is 48.0 Å². The molecule has 15 heavy (non-hydrogen) atoms. The number of methoxy groups -OCH3 is 2. The molecule has 0 aromatic rings. The van der Waals surface area contributed by atoms with E-state index >= 15 is 0 Å². The Morgan fingerprint density at radius 3 is 2.07 bits per heavy atom. The van der Waals surface area contributed by atoms with Gasteiger partial charge >= 0.3 is 0 Å². The van der Waals surface area contributed by atoms with Gasteiger partial charge < -0.3 is 19.1 Å². The number of rotatable bonds is 9. The maximum atomic E-state index is 11.6. The summed E-state index contributed by atoms with van der Waals surface area (Å²) < 4.78 is 14.9. The molecule has 5 nitrogen and oxygen atoms in total. The third-order valence-electron chi connectivity index (χ3n) is 1.91. The van der Waals surface area contributed by atoms with Crippen molar-refractivity contribution >= 4 is 5.91 Å². The van der Waals surface area contributed by atoms with Gasteiger partial charge in [-0.15, -0.1) is 0 Å². The van der Waals surface area contributed by atoms with Crippen LogP contribution in [0.1, 0.15) is 6.92 Å². The molecule has 1 amide bonds. The van der Waals surface area contributed by atoms with Crippen LogP contribution in [0.25, 0.3) is 0 Å². The molecule has 90 valence electrons. The van der Waals surface area contributed by atoms with Gasteiger partial charge in [-0.1, -0.05) is 0 Å². The molecule has 0 unspecified atom stereocenters. The predicted molar refractivity (Wildman–Crippen MR) is 56.8 cm³/mol. The maximum absolute atomic E-state index is 11.6. The number of carbonyl (C=O) groups is 1. The van der Waals surface area contributed by atoms with Crippen molar-refractivity contribution in [2.45, 2.75) is 6.92 Å². The third kappa shape index (κ3) is 7.30. The Morgan fingerprint density at radius 2 is 1.67 bits per heavy atom. The Balaban J connectivity index is 3.90. The van der Waals surface area contributed by atoms with E-state index in [4.69, 9.17) is 14.2 Å². The zero-order valence-electron chi connectivity index (χ0n) is 9.82. The molecule has 0 heterocycles. The standard InChI is InChI=1S/C10H21NO4/c1-4-15-9-10(12)11(5-7-13-2)6-8-14-3/h4-9H2,1-3H3. The van der Waals surface area contributed by atoms with Crippen molar-refractivity contribution < 1.29 is 19.0 Å². The summed E-state index contributed by atoms with van der Waals surface area (Å²) in [5.74, 6) is -0.0223. The Kier molecular flexibility index (Phi) is 9.46. The predicted octanol–water partition coefficient (Wildman–Crippen LogP) is 0.144. The van der Waals surface area contributed by atoms with Gasteiger partial charge in [0.25, 0.3) is 0 Å². The summed E-state index contributed by atoms with van der Waals surface area (Å²) in [4.78, 5) is 13.3. The normalized spacial score (nSPS) is 10.3. The van der Waals surface area contributed by atoms with E-state index in [2.05, 4.69) is 0 Å². The van der Waals surface area contributed by atoms with E-state index in [1.807, 2.05) is 6.92 Å². The van der Waals surface area contributed by atoms with Crippen LogP contribution in [-0.4, -0.2) is 64.5 Å². The Morgan fingerprint density at radius 1 is 1.13 bits per heavy atom. The number of hydrogen-bond acceptors (Lipinski definition) is 4. The van der Waals surface area contributed by atoms with Gasteiger partial charge in [-0.25, -0.2) is 0 Å². The van der Waals surface area contributed by atoms with E-state index in [1.54, 1.807) is 19.1 Å². The fourth-order valence-electron chi connectivity index (χ4n) is 1.04. The second kappa shape index (κ2) is 9.89. The van der Waals surface area contributed by atoms with E-state index < -0.39 is 0 Å². The van der Waals surface area contributed by atoms with Gasteiger partial charge in [-0.05, 0) is 6.92 Å². The Hall–Kier alpha value is -0.650. The average Bonchev–Trinajstić information content (AvgIpc) is 2.26. The first-order chi connectivity index (χ1) is 7.26. The molecule has 0 aliphatic carbocycles. The highest BCUT2D eigenvalue weighted by Crippen LogP contribution is 1.92. The van der Waals surface area contributed by atoms with Gasteiger partial charge in [-0.3, -0.25) is 4.79 Å².